The van der Waals surface area contributed by atoms with Crippen molar-refractivity contribution in [2.24, 2.45) is 0 Å². The second-order valence-corrected chi connectivity index (χ2v) is 8.34. The van der Waals surface area contributed by atoms with Crippen molar-refractivity contribution in [3.63, 3.8) is 0 Å². The first-order valence-corrected chi connectivity index (χ1v) is 9.89. The molecule has 1 aliphatic rings. The van der Waals surface area contributed by atoms with Crippen molar-refractivity contribution in [1.82, 2.24) is 14.8 Å². The van der Waals surface area contributed by atoms with E-state index in [9.17, 15) is 21.6 Å². The fourth-order valence-corrected chi connectivity index (χ4v) is 3.78. The third-order valence-corrected chi connectivity index (χ3v) is 5.52. The van der Waals surface area contributed by atoms with E-state index in [1.54, 1.807) is 0 Å². The zero-order chi connectivity index (χ0) is 18.2. The van der Waals surface area contributed by atoms with Crippen molar-refractivity contribution in [3.8, 4) is 5.82 Å². The molecule has 25 heavy (non-hydrogen) atoms. The van der Waals surface area contributed by atoms with E-state index in [2.05, 4.69) is 10.1 Å². The van der Waals surface area contributed by atoms with Gasteiger partial charge in [0.2, 0.25) is 0 Å². The summed E-state index contributed by atoms with van der Waals surface area (Å²) in [5.41, 5.74) is -0.551. The molecule has 0 spiro atoms. The summed E-state index contributed by atoms with van der Waals surface area (Å²) in [7, 11) is -3.50. The smallest absolute Gasteiger partial charge is 0.237 e. The number of nitrogens with zero attached hydrogens (tertiary/aromatic N) is 3. The first kappa shape index (κ1) is 17.9. The van der Waals surface area contributed by atoms with E-state index in [0.29, 0.717) is 5.69 Å². The highest BCUT2D eigenvalue weighted by Crippen LogP contribution is 2.37. The predicted octanol–water partition coefficient (Wildman–Crippen LogP) is 3.74. The van der Waals surface area contributed by atoms with Gasteiger partial charge in [-0.2, -0.15) is 18.3 Å². The molecule has 5 nitrogen and oxygen atoms in total. The minimum Gasteiger partial charge on any atom is -0.237 e. The minimum atomic E-state index is -4.57. The standard InChI is InChI=1S/C16H18F3N3O2S/c1-25(23,24)12-7-8-20-15(9-12)22-13(11-5-3-2-4-6-11)10-14(21-22)16(17,18)19/h7-11H,2-6H2,1H3. The summed E-state index contributed by atoms with van der Waals surface area (Å²) in [6.45, 7) is 0. The summed E-state index contributed by atoms with van der Waals surface area (Å²) in [5.74, 6) is 0.0417. The van der Waals surface area contributed by atoms with Gasteiger partial charge in [0, 0.05) is 30.1 Å². The van der Waals surface area contributed by atoms with Gasteiger partial charge in [0.25, 0.3) is 0 Å². The molecule has 0 atom stereocenters. The summed E-state index contributed by atoms with van der Waals surface area (Å²) in [6, 6.07) is 3.63. The lowest BCUT2D eigenvalue weighted by molar-refractivity contribution is -0.141. The van der Waals surface area contributed by atoms with E-state index in [0.717, 1.165) is 49.1 Å². The Kier molecular flexibility index (Phi) is 4.61. The number of pyridine rings is 1. The van der Waals surface area contributed by atoms with Gasteiger partial charge in [0.15, 0.2) is 21.3 Å². The Morgan fingerprint density at radius 1 is 1.16 bits per heavy atom. The van der Waals surface area contributed by atoms with E-state index in [1.165, 1.54) is 18.3 Å². The summed E-state index contributed by atoms with van der Waals surface area (Å²) in [4.78, 5) is 4.04. The molecule has 0 aromatic carbocycles. The molecule has 1 aliphatic carbocycles. The zero-order valence-electron chi connectivity index (χ0n) is 13.6. The molecule has 3 rings (SSSR count). The molecule has 1 saturated carbocycles. The Morgan fingerprint density at radius 3 is 2.44 bits per heavy atom. The molecule has 0 saturated heterocycles. The van der Waals surface area contributed by atoms with Gasteiger partial charge >= 0.3 is 6.18 Å². The van der Waals surface area contributed by atoms with Crippen LogP contribution in [0.15, 0.2) is 29.3 Å². The summed E-state index contributed by atoms with van der Waals surface area (Å²) < 4.78 is 64.0. The Morgan fingerprint density at radius 2 is 1.84 bits per heavy atom. The maximum atomic E-state index is 13.1. The SMILES string of the molecule is CS(=O)(=O)c1ccnc(-n2nc(C(F)(F)F)cc2C2CCCCC2)c1. The van der Waals surface area contributed by atoms with Crippen LogP contribution in [0.3, 0.4) is 0 Å². The van der Waals surface area contributed by atoms with Gasteiger partial charge < -0.3 is 0 Å². The van der Waals surface area contributed by atoms with Gasteiger partial charge in [0.1, 0.15) is 0 Å². The van der Waals surface area contributed by atoms with Gasteiger partial charge in [-0.05, 0) is 25.0 Å². The van der Waals surface area contributed by atoms with Gasteiger partial charge in [0.05, 0.1) is 4.90 Å². The van der Waals surface area contributed by atoms with Crippen molar-refractivity contribution in [3.05, 3.63) is 35.8 Å². The maximum absolute atomic E-state index is 13.1. The van der Waals surface area contributed by atoms with Crippen molar-refractivity contribution in [2.75, 3.05) is 6.26 Å². The fraction of sp³-hybridized carbons (Fsp3) is 0.500. The third-order valence-electron chi connectivity index (χ3n) is 4.41. The topological polar surface area (TPSA) is 64.8 Å². The molecule has 1 fully saturated rings. The molecule has 0 N–H and O–H groups in total. The van der Waals surface area contributed by atoms with E-state index in [4.69, 9.17) is 0 Å². The van der Waals surface area contributed by atoms with Crippen molar-refractivity contribution in [2.45, 2.75) is 49.1 Å². The first-order chi connectivity index (χ1) is 11.7. The number of rotatable bonds is 3. The predicted molar refractivity (Wildman–Crippen MR) is 85.3 cm³/mol. The first-order valence-electron chi connectivity index (χ1n) is 8.00. The number of alkyl halides is 3. The molecule has 2 aromatic rings. The van der Waals surface area contributed by atoms with Crippen LogP contribution < -0.4 is 0 Å². The maximum Gasteiger partial charge on any atom is 0.435 e. The molecule has 2 aromatic heterocycles. The van der Waals surface area contributed by atoms with E-state index < -0.39 is 21.7 Å². The second kappa shape index (κ2) is 6.44. The largest absolute Gasteiger partial charge is 0.435 e. The number of sulfone groups is 1. The molecule has 136 valence electrons. The van der Waals surface area contributed by atoms with E-state index in [1.807, 2.05) is 0 Å². The molecular formula is C16H18F3N3O2S. The Balaban J connectivity index is 2.12. The average molecular weight is 373 g/mol. The Hall–Kier alpha value is -1.90. The van der Waals surface area contributed by atoms with Gasteiger partial charge in [-0.3, -0.25) is 0 Å². The average Bonchev–Trinajstić information content (AvgIpc) is 3.00. The Bertz CT molecular complexity index is 869. The summed E-state index contributed by atoms with van der Waals surface area (Å²) in [6.07, 6.45) is 2.29. The molecule has 0 amide bonds. The molecule has 0 aliphatic heterocycles. The van der Waals surface area contributed by atoms with Crippen LogP contribution in [0, 0.1) is 0 Å². The zero-order valence-corrected chi connectivity index (χ0v) is 14.4. The molecule has 9 heteroatoms. The van der Waals surface area contributed by atoms with Crippen molar-refractivity contribution >= 4 is 9.84 Å². The van der Waals surface area contributed by atoms with Crippen LogP contribution in [-0.2, 0) is 16.0 Å². The molecule has 0 unspecified atom stereocenters. The fourth-order valence-electron chi connectivity index (χ4n) is 3.15. The number of halogens is 3. The summed E-state index contributed by atoms with van der Waals surface area (Å²) >= 11 is 0. The van der Waals surface area contributed by atoms with Crippen molar-refractivity contribution in [1.29, 1.82) is 0 Å². The lowest BCUT2D eigenvalue weighted by atomic mass is 9.87. The lowest BCUT2D eigenvalue weighted by Gasteiger charge is -2.22. The monoisotopic (exact) mass is 373 g/mol. The van der Waals surface area contributed by atoms with E-state index in [-0.39, 0.29) is 16.6 Å². The highest BCUT2D eigenvalue weighted by molar-refractivity contribution is 7.90. The van der Waals surface area contributed by atoms with Gasteiger partial charge in [-0.25, -0.2) is 18.1 Å². The van der Waals surface area contributed by atoms with Crippen LogP contribution in [0.1, 0.15) is 49.4 Å². The molecule has 2 heterocycles. The Labute approximate surface area is 143 Å². The third kappa shape index (κ3) is 3.86. The second-order valence-electron chi connectivity index (χ2n) is 6.32. The van der Waals surface area contributed by atoms with Crippen LogP contribution >= 0.6 is 0 Å². The number of aromatic nitrogens is 3. The number of hydrogen-bond donors (Lipinski definition) is 0. The highest BCUT2D eigenvalue weighted by atomic mass is 32.2. The lowest BCUT2D eigenvalue weighted by Crippen LogP contribution is -2.13. The van der Waals surface area contributed by atoms with Crippen LogP contribution in [-0.4, -0.2) is 29.4 Å². The summed E-state index contributed by atoms with van der Waals surface area (Å²) in [5, 5.41) is 3.68. The van der Waals surface area contributed by atoms with Crippen LogP contribution in [0.25, 0.3) is 5.82 Å². The van der Waals surface area contributed by atoms with Crippen LogP contribution in [0.2, 0.25) is 0 Å². The van der Waals surface area contributed by atoms with E-state index >= 15 is 0 Å². The van der Waals surface area contributed by atoms with Crippen molar-refractivity contribution < 1.29 is 21.6 Å². The van der Waals surface area contributed by atoms with Crippen LogP contribution in [0.5, 0.6) is 0 Å². The minimum absolute atomic E-state index is 0.00356. The van der Waals surface area contributed by atoms with Crippen LogP contribution in [0.4, 0.5) is 13.2 Å². The quantitative estimate of drug-likeness (QED) is 0.822. The number of hydrogen-bond acceptors (Lipinski definition) is 4. The van der Waals surface area contributed by atoms with Gasteiger partial charge in [-0.15, -0.1) is 0 Å². The highest BCUT2D eigenvalue weighted by Gasteiger charge is 2.36. The van der Waals surface area contributed by atoms with Gasteiger partial charge in [-0.1, -0.05) is 19.3 Å². The normalized spacial score (nSPS) is 17.0. The molecule has 0 radical (unpaired) electrons. The molecule has 0 bridgehead atoms. The molecular weight excluding hydrogens is 355 g/mol.